The summed E-state index contributed by atoms with van der Waals surface area (Å²) < 4.78 is 1.22. The molecule has 2 atom stereocenters. The van der Waals surface area contributed by atoms with E-state index in [9.17, 15) is 0 Å². The van der Waals surface area contributed by atoms with Gasteiger partial charge in [0.15, 0.2) is 0 Å². The van der Waals surface area contributed by atoms with Gasteiger partial charge in [0, 0.05) is 34.1 Å². The summed E-state index contributed by atoms with van der Waals surface area (Å²) in [5.74, 6) is 0.610. The predicted octanol–water partition coefficient (Wildman–Crippen LogP) is 5.46. The first-order valence-electron chi connectivity index (χ1n) is 8.88. The van der Waals surface area contributed by atoms with Gasteiger partial charge in [-0.25, -0.2) is 9.97 Å². The molecule has 4 nitrogen and oxygen atoms in total. The van der Waals surface area contributed by atoms with E-state index in [1.54, 1.807) is 11.3 Å². The van der Waals surface area contributed by atoms with Crippen molar-refractivity contribution in [3.63, 3.8) is 0 Å². The zero-order chi connectivity index (χ0) is 17.7. The third-order valence-electron chi connectivity index (χ3n) is 5.50. The molecule has 26 heavy (non-hydrogen) atoms. The number of likely N-dealkylation sites (tertiary alicyclic amines) is 1. The summed E-state index contributed by atoms with van der Waals surface area (Å²) >= 11 is 3.51. The first-order valence-corrected chi connectivity index (χ1v) is 10.6. The van der Waals surface area contributed by atoms with Crippen LogP contribution in [0.2, 0.25) is 0 Å². The van der Waals surface area contributed by atoms with Gasteiger partial charge in [-0.1, -0.05) is 0 Å². The maximum Gasteiger partial charge on any atom is 0.125 e. The highest BCUT2D eigenvalue weighted by Gasteiger charge is 2.30. The van der Waals surface area contributed by atoms with Crippen molar-refractivity contribution in [2.24, 2.45) is 0 Å². The Balaban J connectivity index is 1.51. The number of nitrogens with one attached hydrogen (secondary N) is 1. The molecule has 6 heteroatoms. The van der Waals surface area contributed by atoms with Crippen LogP contribution in [0.25, 0.3) is 20.4 Å². The molecule has 1 saturated heterocycles. The fraction of sp³-hybridized carbons (Fsp3) is 0.300. The molecule has 0 aliphatic carbocycles. The number of thiophene rings is 1. The summed E-state index contributed by atoms with van der Waals surface area (Å²) in [6, 6.07) is 11.4. The molecule has 1 aliphatic rings. The Morgan fingerprint density at radius 2 is 2.12 bits per heavy atom. The first-order chi connectivity index (χ1) is 12.7. The smallest absolute Gasteiger partial charge is 0.125 e. The standard InChI is InChI=1S/C20H20N4S2/c1-12-14(6-8-24(12)2)19-10-15-16(5-7-21-20(15)26-19)23-13-3-4-18-17(9-13)22-11-25-18/h3-5,7,9-12,14H,6,8H2,1-2H3,(H,21,23)/t12-,14+/m0/s1. The number of rotatable bonds is 3. The molecular weight excluding hydrogens is 360 g/mol. The Labute approximate surface area is 160 Å². The lowest BCUT2D eigenvalue weighted by atomic mass is 9.99. The van der Waals surface area contributed by atoms with E-state index in [0.29, 0.717) is 12.0 Å². The molecule has 0 unspecified atom stereocenters. The lowest BCUT2D eigenvalue weighted by Crippen LogP contribution is -2.24. The van der Waals surface area contributed by atoms with Crippen molar-refractivity contribution in [1.29, 1.82) is 0 Å². The predicted molar refractivity (Wildman–Crippen MR) is 112 cm³/mol. The molecule has 1 aliphatic heterocycles. The number of pyridine rings is 1. The molecule has 4 heterocycles. The lowest BCUT2D eigenvalue weighted by Gasteiger charge is -2.19. The van der Waals surface area contributed by atoms with Gasteiger partial charge >= 0.3 is 0 Å². The van der Waals surface area contributed by atoms with Crippen LogP contribution in [-0.2, 0) is 0 Å². The van der Waals surface area contributed by atoms with E-state index in [1.807, 2.05) is 23.0 Å². The van der Waals surface area contributed by atoms with Crippen LogP contribution in [-0.4, -0.2) is 34.5 Å². The quantitative estimate of drug-likeness (QED) is 0.512. The summed E-state index contributed by atoms with van der Waals surface area (Å²) in [6.07, 6.45) is 3.13. The van der Waals surface area contributed by atoms with Crippen LogP contribution >= 0.6 is 22.7 Å². The highest BCUT2D eigenvalue weighted by molar-refractivity contribution is 7.18. The van der Waals surface area contributed by atoms with E-state index in [0.717, 1.165) is 21.7 Å². The second-order valence-corrected chi connectivity index (χ2v) is 8.95. The molecule has 5 rings (SSSR count). The number of nitrogens with zero attached hydrogens (tertiary/aromatic N) is 3. The topological polar surface area (TPSA) is 41.1 Å². The Bertz CT molecular complexity index is 1080. The SMILES string of the molecule is C[C@H]1[C@H](c2cc3c(Nc4ccc5scnc5c4)ccnc3s2)CCN1C. The van der Waals surface area contributed by atoms with Gasteiger partial charge in [-0.2, -0.15) is 0 Å². The number of hydrogen-bond donors (Lipinski definition) is 1. The molecule has 4 aromatic rings. The number of aromatic nitrogens is 2. The van der Waals surface area contributed by atoms with E-state index >= 15 is 0 Å². The van der Waals surface area contributed by atoms with E-state index < -0.39 is 0 Å². The number of hydrogen-bond acceptors (Lipinski definition) is 6. The summed E-state index contributed by atoms with van der Waals surface area (Å²) in [7, 11) is 2.22. The fourth-order valence-corrected chi connectivity index (χ4v) is 5.73. The van der Waals surface area contributed by atoms with Gasteiger partial charge < -0.3 is 10.2 Å². The van der Waals surface area contributed by atoms with E-state index in [-0.39, 0.29) is 0 Å². The van der Waals surface area contributed by atoms with Crippen molar-refractivity contribution in [3.8, 4) is 0 Å². The number of likely N-dealkylation sites (N-methyl/N-ethyl adjacent to an activating group) is 1. The van der Waals surface area contributed by atoms with Gasteiger partial charge in [0.2, 0.25) is 0 Å². The highest BCUT2D eigenvalue weighted by atomic mass is 32.1. The molecular formula is C20H20N4S2. The van der Waals surface area contributed by atoms with E-state index in [4.69, 9.17) is 0 Å². The molecule has 0 saturated carbocycles. The molecule has 0 radical (unpaired) electrons. The van der Waals surface area contributed by atoms with Crippen molar-refractivity contribution in [2.45, 2.75) is 25.3 Å². The van der Waals surface area contributed by atoms with Crippen molar-refractivity contribution < 1.29 is 0 Å². The van der Waals surface area contributed by atoms with Crippen LogP contribution in [0.15, 0.2) is 42.0 Å². The molecule has 3 aromatic heterocycles. The highest BCUT2D eigenvalue weighted by Crippen LogP contribution is 2.40. The van der Waals surface area contributed by atoms with Crippen LogP contribution in [0.1, 0.15) is 24.1 Å². The number of benzene rings is 1. The van der Waals surface area contributed by atoms with Crippen LogP contribution in [0.4, 0.5) is 11.4 Å². The summed E-state index contributed by atoms with van der Waals surface area (Å²) in [6.45, 7) is 3.50. The van der Waals surface area contributed by atoms with Crippen molar-refractivity contribution in [3.05, 3.63) is 46.9 Å². The minimum absolute atomic E-state index is 0.589. The lowest BCUT2D eigenvalue weighted by molar-refractivity contribution is 0.319. The third-order valence-corrected chi connectivity index (χ3v) is 7.48. The van der Waals surface area contributed by atoms with E-state index in [1.165, 1.54) is 27.9 Å². The van der Waals surface area contributed by atoms with Crippen molar-refractivity contribution in [1.82, 2.24) is 14.9 Å². The number of fused-ring (bicyclic) bond motifs is 2. The second-order valence-electron chi connectivity index (χ2n) is 7.00. The van der Waals surface area contributed by atoms with Crippen LogP contribution in [0.5, 0.6) is 0 Å². The molecule has 0 amide bonds. The maximum absolute atomic E-state index is 4.62. The monoisotopic (exact) mass is 380 g/mol. The molecule has 1 N–H and O–H groups in total. The van der Waals surface area contributed by atoms with Gasteiger partial charge in [0.1, 0.15) is 4.83 Å². The molecule has 0 spiro atoms. The first kappa shape index (κ1) is 16.2. The minimum atomic E-state index is 0.589. The Morgan fingerprint density at radius 3 is 2.96 bits per heavy atom. The number of thiazole rings is 1. The number of anilines is 2. The van der Waals surface area contributed by atoms with Crippen LogP contribution < -0.4 is 5.32 Å². The van der Waals surface area contributed by atoms with Gasteiger partial charge in [0.25, 0.3) is 0 Å². The molecule has 0 bridgehead atoms. The minimum Gasteiger partial charge on any atom is -0.355 e. The van der Waals surface area contributed by atoms with E-state index in [2.05, 4.69) is 64.5 Å². The summed E-state index contributed by atoms with van der Waals surface area (Å²) in [4.78, 5) is 14.0. The van der Waals surface area contributed by atoms with Gasteiger partial charge in [-0.05, 0) is 57.3 Å². The van der Waals surface area contributed by atoms with Crippen molar-refractivity contribution in [2.75, 3.05) is 18.9 Å². The maximum atomic E-state index is 4.62. The Morgan fingerprint density at radius 1 is 1.19 bits per heavy atom. The molecule has 1 aromatic carbocycles. The Kier molecular flexibility index (Phi) is 3.92. The molecule has 1 fully saturated rings. The Hall–Kier alpha value is -2.02. The zero-order valence-corrected chi connectivity index (χ0v) is 16.4. The average molecular weight is 381 g/mol. The fourth-order valence-electron chi connectivity index (χ4n) is 3.82. The van der Waals surface area contributed by atoms with Crippen LogP contribution in [0, 0.1) is 0 Å². The average Bonchev–Trinajstić information content (AvgIpc) is 3.34. The molecule has 132 valence electrons. The summed E-state index contributed by atoms with van der Waals surface area (Å²) in [5, 5.41) is 4.79. The largest absolute Gasteiger partial charge is 0.355 e. The summed E-state index contributed by atoms with van der Waals surface area (Å²) in [5.41, 5.74) is 5.12. The van der Waals surface area contributed by atoms with Gasteiger partial charge in [-0.15, -0.1) is 22.7 Å². The van der Waals surface area contributed by atoms with Crippen LogP contribution in [0.3, 0.4) is 0 Å². The third kappa shape index (κ3) is 2.69. The second kappa shape index (κ2) is 6.30. The zero-order valence-electron chi connectivity index (χ0n) is 14.8. The van der Waals surface area contributed by atoms with Crippen molar-refractivity contribution >= 4 is 54.5 Å². The van der Waals surface area contributed by atoms with Gasteiger partial charge in [0.05, 0.1) is 21.4 Å². The normalized spacial score (nSPS) is 21.0. The van der Waals surface area contributed by atoms with Gasteiger partial charge in [-0.3, -0.25) is 0 Å².